The normalized spacial score (nSPS) is 16.2. The Morgan fingerprint density at radius 1 is 1.13 bits per heavy atom. The van der Waals surface area contributed by atoms with Crippen LogP contribution in [0.5, 0.6) is 11.5 Å². The zero-order chi connectivity index (χ0) is 20.7. The standard InChI is InChI=1S/C22H21N3O4S/c1-14-4-8-19(30-14)16-6-9-21(27)25(24-16)13-20(26)23-15-5-7-17-18(12-15)29-22(28-17)10-2-3-11-22/h4-9,12H,2-3,10-11,13H2,1H3,(H,23,26). The molecule has 1 N–H and O–H groups in total. The number of hydrogen-bond acceptors (Lipinski definition) is 6. The molecule has 1 saturated carbocycles. The van der Waals surface area contributed by atoms with E-state index in [-0.39, 0.29) is 18.0 Å². The molecular formula is C22H21N3O4S. The van der Waals surface area contributed by atoms with Gasteiger partial charge in [0.15, 0.2) is 11.5 Å². The Morgan fingerprint density at radius 3 is 2.70 bits per heavy atom. The summed E-state index contributed by atoms with van der Waals surface area (Å²) in [6.07, 6.45) is 3.92. The molecular weight excluding hydrogens is 402 g/mol. The van der Waals surface area contributed by atoms with Crippen LogP contribution in [0.1, 0.15) is 30.6 Å². The Hall–Kier alpha value is -3.13. The molecule has 0 bridgehead atoms. The maximum absolute atomic E-state index is 12.6. The number of anilines is 1. The first kappa shape index (κ1) is 18.9. The lowest BCUT2D eigenvalue weighted by atomic mass is 10.2. The predicted octanol–water partition coefficient (Wildman–Crippen LogP) is 3.96. The van der Waals surface area contributed by atoms with Crippen molar-refractivity contribution in [1.29, 1.82) is 0 Å². The summed E-state index contributed by atoms with van der Waals surface area (Å²) in [5.41, 5.74) is 0.942. The number of ether oxygens (including phenoxy) is 2. The minimum absolute atomic E-state index is 0.171. The second kappa shape index (κ2) is 7.28. The predicted molar refractivity (Wildman–Crippen MR) is 114 cm³/mol. The van der Waals surface area contributed by atoms with Crippen LogP contribution in [-0.2, 0) is 11.3 Å². The zero-order valence-corrected chi connectivity index (χ0v) is 17.3. The SMILES string of the molecule is Cc1ccc(-c2ccc(=O)n(CC(=O)Nc3ccc4c(c3)OC3(CCCC3)O4)n2)s1. The molecule has 3 heterocycles. The smallest absolute Gasteiger partial charge is 0.267 e. The monoisotopic (exact) mass is 423 g/mol. The fourth-order valence-electron chi connectivity index (χ4n) is 3.89. The van der Waals surface area contributed by atoms with Gasteiger partial charge in [0, 0.05) is 35.5 Å². The maximum Gasteiger partial charge on any atom is 0.267 e. The molecule has 7 nitrogen and oxygen atoms in total. The van der Waals surface area contributed by atoms with Crippen molar-refractivity contribution in [2.24, 2.45) is 0 Å². The number of amides is 1. The number of aromatic nitrogens is 2. The third-order valence-electron chi connectivity index (χ3n) is 5.34. The van der Waals surface area contributed by atoms with Gasteiger partial charge in [0.25, 0.3) is 11.3 Å². The van der Waals surface area contributed by atoms with Gasteiger partial charge in [0.05, 0.1) is 4.88 Å². The molecule has 0 unspecified atom stereocenters. The Bertz CT molecular complexity index is 1180. The van der Waals surface area contributed by atoms with Crippen molar-refractivity contribution >= 4 is 22.9 Å². The van der Waals surface area contributed by atoms with Crippen LogP contribution in [0.3, 0.4) is 0 Å². The van der Waals surface area contributed by atoms with Gasteiger partial charge in [-0.3, -0.25) is 9.59 Å². The summed E-state index contributed by atoms with van der Waals surface area (Å²) in [4.78, 5) is 26.8. The van der Waals surface area contributed by atoms with Gasteiger partial charge >= 0.3 is 0 Å². The number of carbonyl (C=O) groups excluding carboxylic acids is 1. The van der Waals surface area contributed by atoms with Crippen molar-refractivity contribution in [1.82, 2.24) is 9.78 Å². The number of aryl methyl sites for hydroxylation is 1. The number of hydrogen-bond donors (Lipinski definition) is 1. The topological polar surface area (TPSA) is 82.5 Å². The van der Waals surface area contributed by atoms with Crippen molar-refractivity contribution < 1.29 is 14.3 Å². The second-order valence-electron chi connectivity index (χ2n) is 7.66. The van der Waals surface area contributed by atoms with E-state index in [9.17, 15) is 9.59 Å². The average molecular weight is 423 g/mol. The Morgan fingerprint density at radius 2 is 1.93 bits per heavy atom. The van der Waals surface area contributed by atoms with Crippen molar-refractivity contribution in [3.8, 4) is 22.1 Å². The summed E-state index contributed by atoms with van der Waals surface area (Å²) in [7, 11) is 0. The molecule has 30 heavy (non-hydrogen) atoms. The van der Waals surface area contributed by atoms with Gasteiger partial charge in [0.1, 0.15) is 12.2 Å². The molecule has 5 rings (SSSR count). The minimum atomic E-state index is -0.539. The average Bonchev–Trinajstić information content (AvgIpc) is 3.43. The molecule has 3 aromatic rings. The van der Waals surface area contributed by atoms with E-state index in [0.717, 1.165) is 35.4 Å². The molecule has 1 spiro atoms. The van der Waals surface area contributed by atoms with Gasteiger partial charge in [0.2, 0.25) is 5.91 Å². The van der Waals surface area contributed by atoms with Gasteiger partial charge < -0.3 is 14.8 Å². The molecule has 0 radical (unpaired) electrons. The Labute approximate surface area is 177 Å². The number of nitrogens with one attached hydrogen (secondary N) is 1. The minimum Gasteiger partial charge on any atom is -0.448 e. The number of benzene rings is 1. The lowest BCUT2D eigenvalue weighted by molar-refractivity contribution is -0.117. The first-order valence-corrected chi connectivity index (χ1v) is 10.8. The maximum atomic E-state index is 12.6. The summed E-state index contributed by atoms with van der Waals surface area (Å²) in [5, 5.41) is 7.17. The van der Waals surface area contributed by atoms with E-state index in [4.69, 9.17) is 9.47 Å². The molecule has 154 valence electrons. The van der Waals surface area contributed by atoms with Gasteiger partial charge in [-0.1, -0.05) is 0 Å². The van der Waals surface area contributed by atoms with Crippen LogP contribution in [-0.4, -0.2) is 21.5 Å². The van der Waals surface area contributed by atoms with Crippen molar-refractivity contribution in [3.63, 3.8) is 0 Å². The summed E-state index contributed by atoms with van der Waals surface area (Å²) < 4.78 is 13.2. The number of thiophene rings is 1. The lowest BCUT2D eigenvalue weighted by Crippen LogP contribution is -2.34. The number of nitrogens with zero attached hydrogens (tertiary/aromatic N) is 2. The molecule has 0 atom stereocenters. The van der Waals surface area contributed by atoms with Gasteiger partial charge in [-0.05, 0) is 50.1 Å². The fraction of sp³-hybridized carbons (Fsp3) is 0.318. The van der Waals surface area contributed by atoms with Gasteiger partial charge in [-0.15, -0.1) is 11.3 Å². The first-order valence-electron chi connectivity index (χ1n) is 9.97. The third-order valence-corrected chi connectivity index (χ3v) is 6.36. The largest absolute Gasteiger partial charge is 0.448 e. The Kier molecular flexibility index (Phi) is 4.58. The number of carbonyl (C=O) groups is 1. The highest BCUT2D eigenvalue weighted by atomic mass is 32.1. The van der Waals surface area contributed by atoms with Gasteiger partial charge in [-0.25, -0.2) is 4.68 Å². The van der Waals surface area contributed by atoms with Crippen LogP contribution in [0.15, 0.2) is 47.3 Å². The van der Waals surface area contributed by atoms with Crippen LogP contribution < -0.4 is 20.3 Å². The molecule has 2 aromatic heterocycles. The van der Waals surface area contributed by atoms with Crippen LogP contribution in [0.4, 0.5) is 5.69 Å². The fourth-order valence-corrected chi connectivity index (χ4v) is 4.72. The van der Waals surface area contributed by atoms with Crippen LogP contribution in [0.25, 0.3) is 10.6 Å². The summed E-state index contributed by atoms with van der Waals surface area (Å²) >= 11 is 1.59. The number of fused-ring (bicyclic) bond motifs is 1. The third kappa shape index (κ3) is 3.59. The van der Waals surface area contributed by atoms with E-state index in [2.05, 4.69) is 10.4 Å². The molecule has 1 aliphatic carbocycles. The summed E-state index contributed by atoms with van der Waals surface area (Å²) in [6, 6.07) is 12.4. The van der Waals surface area contributed by atoms with Crippen molar-refractivity contribution in [2.45, 2.75) is 44.9 Å². The molecule has 1 amide bonds. The summed E-state index contributed by atoms with van der Waals surface area (Å²) in [5.74, 6) is 0.466. The molecule has 1 aromatic carbocycles. The molecule has 8 heteroatoms. The van der Waals surface area contributed by atoms with Gasteiger partial charge in [-0.2, -0.15) is 5.10 Å². The second-order valence-corrected chi connectivity index (χ2v) is 8.94. The van der Waals surface area contributed by atoms with Crippen LogP contribution in [0, 0.1) is 6.92 Å². The van der Waals surface area contributed by atoms with E-state index < -0.39 is 5.79 Å². The lowest BCUT2D eigenvalue weighted by Gasteiger charge is -2.21. The van der Waals surface area contributed by atoms with E-state index in [0.29, 0.717) is 22.9 Å². The first-order chi connectivity index (χ1) is 14.5. The van der Waals surface area contributed by atoms with Crippen molar-refractivity contribution in [3.05, 3.63) is 57.7 Å². The quantitative estimate of drug-likeness (QED) is 0.687. The van der Waals surface area contributed by atoms with E-state index in [1.165, 1.54) is 10.7 Å². The van der Waals surface area contributed by atoms with E-state index in [1.807, 2.05) is 25.1 Å². The highest BCUT2D eigenvalue weighted by Gasteiger charge is 2.44. The van der Waals surface area contributed by atoms with Crippen molar-refractivity contribution in [2.75, 3.05) is 5.32 Å². The van der Waals surface area contributed by atoms with Crippen LogP contribution in [0.2, 0.25) is 0 Å². The molecule has 1 aliphatic heterocycles. The number of rotatable bonds is 4. The zero-order valence-electron chi connectivity index (χ0n) is 16.5. The molecule has 0 saturated heterocycles. The summed E-state index contributed by atoms with van der Waals surface area (Å²) in [6.45, 7) is 1.84. The van der Waals surface area contributed by atoms with E-state index >= 15 is 0 Å². The molecule has 1 fully saturated rings. The van der Waals surface area contributed by atoms with E-state index in [1.54, 1.807) is 29.5 Å². The highest BCUT2D eigenvalue weighted by molar-refractivity contribution is 7.15. The molecule has 2 aliphatic rings. The Balaban J connectivity index is 1.30. The van der Waals surface area contributed by atoms with Crippen LogP contribution >= 0.6 is 11.3 Å². The highest BCUT2D eigenvalue weighted by Crippen LogP contribution is 2.47.